The summed E-state index contributed by atoms with van der Waals surface area (Å²) in [4.78, 5) is 10.2. The number of H-pyrrole nitrogens is 1. The Morgan fingerprint density at radius 1 is 0.912 bits per heavy atom. The predicted octanol–water partition coefficient (Wildman–Crippen LogP) is 6.05. The fourth-order valence-corrected chi connectivity index (χ4v) is 5.49. The molecular formula is C30H33N3O. The van der Waals surface area contributed by atoms with Crippen molar-refractivity contribution in [3.63, 3.8) is 0 Å². The maximum atomic E-state index is 12.5. The second kappa shape index (κ2) is 8.53. The van der Waals surface area contributed by atoms with Gasteiger partial charge >= 0.3 is 0 Å². The molecule has 174 valence electrons. The highest BCUT2D eigenvalue weighted by Crippen LogP contribution is 2.50. The highest BCUT2D eigenvalue weighted by atomic mass is 16.3. The van der Waals surface area contributed by atoms with E-state index in [1.165, 1.54) is 5.56 Å². The number of pyridine rings is 1. The van der Waals surface area contributed by atoms with Crippen molar-refractivity contribution in [2.75, 3.05) is 20.1 Å². The minimum absolute atomic E-state index is 0.311. The first-order chi connectivity index (χ1) is 16.3. The lowest BCUT2D eigenvalue weighted by atomic mass is 9.62. The van der Waals surface area contributed by atoms with Gasteiger partial charge in [-0.15, -0.1) is 0 Å². The van der Waals surface area contributed by atoms with Crippen LogP contribution in [0.2, 0.25) is 0 Å². The smallest absolute Gasteiger partial charge is 0.124 e. The Balaban J connectivity index is 1.57. The molecule has 0 bridgehead atoms. The van der Waals surface area contributed by atoms with E-state index in [1.807, 2.05) is 36.8 Å². The van der Waals surface area contributed by atoms with E-state index in [4.69, 9.17) is 0 Å². The Bertz CT molecular complexity index is 1270. The quantitative estimate of drug-likeness (QED) is 0.375. The van der Waals surface area contributed by atoms with Crippen LogP contribution in [0.15, 0.2) is 85.3 Å². The Kier molecular flexibility index (Phi) is 5.67. The maximum Gasteiger partial charge on any atom is 0.124 e. The van der Waals surface area contributed by atoms with E-state index in [0.717, 1.165) is 46.6 Å². The van der Waals surface area contributed by atoms with Gasteiger partial charge in [0.2, 0.25) is 0 Å². The fourth-order valence-electron chi connectivity index (χ4n) is 5.49. The molecule has 1 fully saturated rings. The van der Waals surface area contributed by atoms with Crippen molar-refractivity contribution in [2.45, 2.75) is 32.3 Å². The molecule has 4 nitrogen and oxygen atoms in total. The highest BCUT2D eigenvalue weighted by Gasteiger charge is 2.55. The van der Waals surface area contributed by atoms with Crippen LogP contribution in [-0.4, -0.2) is 40.1 Å². The molecule has 2 N–H and O–H groups in total. The molecule has 0 unspecified atom stereocenters. The van der Waals surface area contributed by atoms with Crippen LogP contribution < -0.4 is 0 Å². The molecule has 0 aliphatic carbocycles. The van der Waals surface area contributed by atoms with Gasteiger partial charge in [0.25, 0.3) is 0 Å². The van der Waals surface area contributed by atoms with E-state index in [2.05, 4.69) is 91.2 Å². The topological polar surface area (TPSA) is 52.2 Å². The number of rotatable bonds is 6. The van der Waals surface area contributed by atoms with E-state index >= 15 is 0 Å². The van der Waals surface area contributed by atoms with Crippen molar-refractivity contribution >= 4 is 0 Å². The molecule has 0 saturated carbocycles. The van der Waals surface area contributed by atoms with Gasteiger partial charge in [0.1, 0.15) is 5.60 Å². The minimum atomic E-state index is -1.14. The van der Waals surface area contributed by atoms with Crippen molar-refractivity contribution in [3.8, 4) is 22.4 Å². The van der Waals surface area contributed by atoms with Gasteiger partial charge in [-0.3, -0.25) is 4.98 Å². The summed E-state index contributed by atoms with van der Waals surface area (Å²) in [6.45, 7) is 8.21. The van der Waals surface area contributed by atoms with E-state index < -0.39 is 5.60 Å². The summed E-state index contributed by atoms with van der Waals surface area (Å²) in [5.41, 5.74) is 5.83. The van der Waals surface area contributed by atoms with E-state index in [1.54, 1.807) is 0 Å². The molecule has 1 aliphatic rings. The summed E-state index contributed by atoms with van der Waals surface area (Å²) in [6.07, 6.45) is 5.71. The normalized spacial score (nSPS) is 17.4. The molecule has 34 heavy (non-hydrogen) atoms. The number of aromatic nitrogens is 2. The van der Waals surface area contributed by atoms with Crippen molar-refractivity contribution in [2.24, 2.45) is 5.41 Å². The van der Waals surface area contributed by atoms with E-state index in [-0.39, 0.29) is 5.41 Å². The number of likely N-dealkylation sites (tertiary alicyclic amines) is 1. The van der Waals surface area contributed by atoms with Crippen molar-refractivity contribution in [1.82, 2.24) is 14.9 Å². The fraction of sp³-hybridized carbons (Fsp3) is 0.300. The first-order valence-electron chi connectivity index (χ1n) is 12.0. The number of hydrogen-bond acceptors (Lipinski definition) is 3. The van der Waals surface area contributed by atoms with Crippen LogP contribution in [0.3, 0.4) is 0 Å². The third kappa shape index (κ3) is 3.77. The highest BCUT2D eigenvalue weighted by molar-refractivity contribution is 5.71. The van der Waals surface area contributed by atoms with Crippen molar-refractivity contribution in [3.05, 3.63) is 102 Å². The molecule has 1 aliphatic heterocycles. The lowest BCUT2D eigenvalue weighted by Crippen LogP contribution is -2.63. The number of aliphatic hydroxyl groups is 1. The van der Waals surface area contributed by atoms with Crippen LogP contribution in [0.5, 0.6) is 0 Å². The maximum absolute atomic E-state index is 12.5. The second-order valence-corrected chi connectivity index (χ2v) is 10.4. The average Bonchev–Trinajstić information content (AvgIpc) is 3.34. The van der Waals surface area contributed by atoms with Gasteiger partial charge in [-0.2, -0.15) is 0 Å². The monoisotopic (exact) mass is 451 g/mol. The molecule has 2 aromatic heterocycles. The standard InChI is InChI=1S/C30H33N3O/c1-21(2)22-10-12-26(13-11-22)30(34,29(3)19-33(4)20-29)27-14-24(16-31-18-27)25-15-28(32-17-25)23-8-6-5-7-9-23/h5-18,21,32,34H,19-20H2,1-4H3/t30-/m0/s1. The minimum Gasteiger partial charge on any atom is -0.380 e. The summed E-state index contributed by atoms with van der Waals surface area (Å²) in [7, 11) is 2.10. The Labute approximate surface area is 202 Å². The van der Waals surface area contributed by atoms with Crippen LogP contribution >= 0.6 is 0 Å². The molecule has 4 heteroatoms. The van der Waals surface area contributed by atoms with Gasteiger partial charge in [0.05, 0.1) is 0 Å². The molecule has 5 rings (SSSR count). The van der Waals surface area contributed by atoms with E-state index in [0.29, 0.717) is 5.92 Å². The van der Waals surface area contributed by atoms with Crippen molar-refractivity contribution < 1.29 is 5.11 Å². The Morgan fingerprint density at radius 3 is 2.26 bits per heavy atom. The van der Waals surface area contributed by atoms with Crippen molar-refractivity contribution in [1.29, 1.82) is 0 Å². The van der Waals surface area contributed by atoms with Gasteiger partial charge in [-0.25, -0.2) is 0 Å². The van der Waals surface area contributed by atoms with Crippen LogP contribution in [0.25, 0.3) is 22.4 Å². The van der Waals surface area contributed by atoms with Crippen LogP contribution in [0, 0.1) is 5.41 Å². The lowest BCUT2D eigenvalue weighted by molar-refractivity contribution is -0.127. The Morgan fingerprint density at radius 2 is 1.62 bits per heavy atom. The lowest BCUT2D eigenvalue weighted by Gasteiger charge is -2.55. The number of benzene rings is 2. The SMILES string of the molecule is CC(C)c1ccc([C@](O)(c2cncc(-c3c[nH]c(-c4ccccc4)c3)c2)C2(C)CN(C)C2)cc1. The molecule has 0 spiro atoms. The largest absolute Gasteiger partial charge is 0.380 e. The zero-order chi connectivity index (χ0) is 23.9. The summed E-state index contributed by atoms with van der Waals surface area (Å²) < 4.78 is 0. The van der Waals surface area contributed by atoms with Gasteiger partial charge in [-0.05, 0) is 41.8 Å². The number of hydrogen-bond donors (Lipinski definition) is 2. The zero-order valence-electron chi connectivity index (χ0n) is 20.4. The van der Waals surface area contributed by atoms with Gasteiger partial charge < -0.3 is 15.0 Å². The first-order valence-corrected chi connectivity index (χ1v) is 12.0. The predicted molar refractivity (Wildman–Crippen MR) is 139 cm³/mol. The molecule has 3 heterocycles. The first kappa shape index (κ1) is 22.6. The molecular weight excluding hydrogens is 418 g/mol. The molecule has 4 aromatic rings. The van der Waals surface area contributed by atoms with Crippen LogP contribution in [0.4, 0.5) is 0 Å². The second-order valence-electron chi connectivity index (χ2n) is 10.4. The third-order valence-corrected chi connectivity index (χ3v) is 7.36. The Hall–Kier alpha value is -3.21. The average molecular weight is 452 g/mol. The summed E-state index contributed by atoms with van der Waals surface area (Å²) in [5.74, 6) is 0.449. The molecule has 2 aromatic carbocycles. The van der Waals surface area contributed by atoms with Crippen LogP contribution in [-0.2, 0) is 5.60 Å². The van der Waals surface area contributed by atoms with E-state index in [9.17, 15) is 5.11 Å². The molecule has 1 saturated heterocycles. The van der Waals surface area contributed by atoms with Gasteiger partial charge in [-0.1, -0.05) is 75.4 Å². The number of aromatic amines is 1. The molecule has 0 amide bonds. The number of nitrogens with one attached hydrogen (secondary N) is 1. The molecule has 1 atom stereocenters. The van der Waals surface area contributed by atoms with Gasteiger partial charge in [0.15, 0.2) is 0 Å². The van der Waals surface area contributed by atoms with Gasteiger partial charge in [0, 0.05) is 59.5 Å². The number of nitrogens with zero attached hydrogens (tertiary/aromatic N) is 2. The molecule has 0 radical (unpaired) electrons. The summed E-state index contributed by atoms with van der Waals surface area (Å²) >= 11 is 0. The third-order valence-electron chi connectivity index (χ3n) is 7.36. The summed E-state index contributed by atoms with van der Waals surface area (Å²) in [6, 6.07) is 23.0. The van der Waals surface area contributed by atoms with Crippen LogP contribution in [0.1, 0.15) is 43.4 Å². The zero-order valence-corrected chi connectivity index (χ0v) is 20.4. The summed E-state index contributed by atoms with van der Waals surface area (Å²) in [5, 5.41) is 12.5.